The van der Waals surface area contributed by atoms with Gasteiger partial charge in [0.15, 0.2) is 5.82 Å². The second-order valence-corrected chi connectivity index (χ2v) is 3.91. The highest BCUT2D eigenvalue weighted by molar-refractivity contribution is 5.97. The van der Waals surface area contributed by atoms with Crippen LogP contribution in [0.5, 0.6) is 0 Å². The summed E-state index contributed by atoms with van der Waals surface area (Å²) in [6.07, 6.45) is 4.94. The molecule has 17 heavy (non-hydrogen) atoms. The molecule has 1 aromatic heterocycles. The van der Waals surface area contributed by atoms with Gasteiger partial charge in [0.1, 0.15) is 11.4 Å². The summed E-state index contributed by atoms with van der Waals surface area (Å²) in [5.74, 6) is 0.470. The Morgan fingerprint density at radius 2 is 2.06 bits per heavy atom. The molecule has 0 fully saturated rings. The molecule has 0 spiro atoms. The Hall–Kier alpha value is -2.04. The number of amidine groups is 1. The molecule has 86 valence electrons. The summed E-state index contributed by atoms with van der Waals surface area (Å²) in [5, 5.41) is 3.01. The average molecular weight is 230 g/mol. The molecule has 1 aliphatic heterocycles. The summed E-state index contributed by atoms with van der Waals surface area (Å²) in [6.45, 7) is 0.817. The Morgan fingerprint density at radius 3 is 2.88 bits per heavy atom. The first-order chi connectivity index (χ1) is 8.34. The van der Waals surface area contributed by atoms with Crippen molar-refractivity contribution in [1.29, 1.82) is 0 Å². The van der Waals surface area contributed by atoms with E-state index in [1.165, 1.54) is 6.20 Å². The highest BCUT2D eigenvalue weighted by Gasteiger charge is 2.12. The molecule has 0 atom stereocenters. The van der Waals surface area contributed by atoms with E-state index in [0.29, 0.717) is 11.2 Å². The quantitative estimate of drug-likeness (QED) is 0.818. The zero-order chi connectivity index (χ0) is 11.7. The predicted molar refractivity (Wildman–Crippen MR) is 64.7 cm³/mol. The van der Waals surface area contributed by atoms with Gasteiger partial charge in [0.05, 0.1) is 11.2 Å². The third-order valence-electron chi connectivity index (χ3n) is 2.73. The fraction of sp³-hybridized carbons (Fsp3) is 0.250. The van der Waals surface area contributed by atoms with Crippen molar-refractivity contribution >= 4 is 22.6 Å². The molecule has 2 heterocycles. The van der Waals surface area contributed by atoms with Crippen LogP contribution in [-0.2, 0) is 0 Å². The molecule has 0 radical (unpaired) electrons. The minimum absolute atomic E-state index is 0.288. The first-order valence-electron chi connectivity index (χ1n) is 5.54. The molecule has 2 aromatic rings. The largest absolute Gasteiger partial charge is 0.342 e. The van der Waals surface area contributed by atoms with Gasteiger partial charge in [-0.3, -0.25) is 9.98 Å². The van der Waals surface area contributed by atoms with Crippen LogP contribution >= 0.6 is 0 Å². The monoisotopic (exact) mass is 230 g/mol. The summed E-state index contributed by atoms with van der Waals surface area (Å²) >= 11 is 0. The van der Waals surface area contributed by atoms with Gasteiger partial charge in [0.25, 0.3) is 0 Å². The number of nitrogens with one attached hydrogen (secondary N) is 1. The molecule has 0 saturated heterocycles. The molecule has 0 amide bonds. The van der Waals surface area contributed by atoms with Gasteiger partial charge in [-0.25, -0.2) is 9.37 Å². The minimum atomic E-state index is -0.370. The Morgan fingerprint density at radius 1 is 1.18 bits per heavy atom. The first kappa shape index (κ1) is 10.1. The third kappa shape index (κ3) is 1.84. The van der Waals surface area contributed by atoms with E-state index in [1.54, 1.807) is 18.3 Å². The molecule has 0 aliphatic carbocycles. The van der Waals surface area contributed by atoms with Crippen LogP contribution in [0, 0.1) is 5.82 Å². The van der Waals surface area contributed by atoms with Crippen molar-refractivity contribution in [2.75, 3.05) is 11.9 Å². The summed E-state index contributed by atoms with van der Waals surface area (Å²) < 4.78 is 14.1. The van der Waals surface area contributed by atoms with E-state index in [1.807, 2.05) is 0 Å². The molecule has 0 unspecified atom stereocenters. The average Bonchev–Trinajstić information content (AvgIpc) is 2.86. The zero-order valence-electron chi connectivity index (χ0n) is 9.15. The summed E-state index contributed by atoms with van der Waals surface area (Å²) in [6, 6.07) is 3.43. The molecule has 4 nitrogen and oxygen atoms in total. The van der Waals surface area contributed by atoms with Gasteiger partial charge in [-0.1, -0.05) is 0 Å². The summed E-state index contributed by atoms with van der Waals surface area (Å²) in [5.41, 5.74) is 1.26. The number of aliphatic imine (C=N–C) groups is 1. The van der Waals surface area contributed by atoms with Gasteiger partial charge in [-0.2, -0.15) is 0 Å². The first-order valence-corrected chi connectivity index (χ1v) is 5.54. The number of halogens is 1. The van der Waals surface area contributed by atoms with E-state index in [2.05, 4.69) is 20.3 Å². The van der Waals surface area contributed by atoms with Crippen molar-refractivity contribution in [3.63, 3.8) is 0 Å². The molecule has 3 rings (SSSR count). The Bertz CT molecular complexity index is 594. The molecule has 1 aromatic carbocycles. The van der Waals surface area contributed by atoms with Crippen LogP contribution in [0.2, 0.25) is 0 Å². The third-order valence-corrected chi connectivity index (χ3v) is 2.73. The Labute approximate surface area is 97.6 Å². The maximum Gasteiger partial charge on any atom is 0.174 e. The SMILES string of the molecule is Fc1c(NC2=NCCC2)ccc2nccnc12. The standard InChI is InChI=1S/C12H11FN4/c13-11-8(17-10-2-1-5-15-10)3-4-9-12(11)16-7-6-14-9/h3-4,6-7H,1-2,5H2,(H,15,17). The van der Waals surface area contributed by atoms with Crippen LogP contribution in [0.4, 0.5) is 10.1 Å². The highest BCUT2D eigenvalue weighted by atomic mass is 19.1. The van der Waals surface area contributed by atoms with E-state index >= 15 is 0 Å². The normalized spacial score (nSPS) is 15.0. The highest BCUT2D eigenvalue weighted by Crippen LogP contribution is 2.22. The van der Waals surface area contributed by atoms with E-state index in [9.17, 15) is 4.39 Å². The van der Waals surface area contributed by atoms with Crippen LogP contribution in [0.1, 0.15) is 12.8 Å². The number of benzene rings is 1. The van der Waals surface area contributed by atoms with Crippen molar-refractivity contribution in [3.8, 4) is 0 Å². The lowest BCUT2D eigenvalue weighted by atomic mass is 10.2. The van der Waals surface area contributed by atoms with E-state index in [-0.39, 0.29) is 11.3 Å². The second kappa shape index (κ2) is 4.08. The second-order valence-electron chi connectivity index (χ2n) is 3.91. The molecule has 5 heteroatoms. The van der Waals surface area contributed by atoms with Gasteiger partial charge in [-0.15, -0.1) is 0 Å². The maximum absolute atomic E-state index is 14.1. The van der Waals surface area contributed by atoms with Gasteiger partial charge in [0, 0.05) is 25.4 Å². The fourth-order valence-electron chi connectivity index (χ4n) is 1.90. The van der Waals surface area contributed by atoms with Gasteiger partial charge in [-0.05, 0) is 18.6 Å². The van der Waals surface area contributed by atoms with Gasteiger partial charge >= 0.3 is 0 Å². The maximum atomic E-state index is 14.1. The fourth-order valence-corrected chi connectivity index (χ4v) is 1.90. The van der Waals surface area contributed by atoms with Crippen molar-refractivity contribution in [3.05, 3.63) is 30.3 Å². The van der Waals surface area contributed by atoms with Gasteiger partial charge < -0.3 is 5.32 Å². The van der Waals surface area contributed by atoms with Crippen molar-refractivity contribution < 1.29 is 4.39 Å². The van der Waals surface area contributed by atoms with E-state index in [0.717, 1.165) is 25.2 Å². The molecule has 0 bridgehead atoms. The molecular formula is C12H11FN4. The van der Waals surface area contributed by atoms with Crippen LogP contribution in [0.25, 0.3) is 11.0 Å². The van der Waals surface area contributed by atoms with Crippen LogP contribution < -0.4 is 5.32 Å². The zero-order valence-corrected chi connectivity index (χ0v) is 9.15. The number of rotatable bonds is 1. The number of fused-ring (bicyclic) bond motifs is 1. The number of hydrogen-bond donors (Lipinski definition) is 1. The molecular weight excluding hydrogens is 219 g/mol. The number of nitrogens with zero attached hydrogens (tertiary/aromatic N) is 3. The number of aromatic nitrogens is 2. The Balaban J connectivity index is 2.02. The lowest BCUT2D eigenvalue weighted by Gasteiger charge is -2.08. The topological polar surface area (TPSA) is 50.2 Å². The summed E-state index contributed by atoms with van der Waals surface area (Å²) in [7, 11) is 0. The lowest BCUT2D eigenvalue weighted by molar-refractivity contribution is 0.640. The van der Waals surface area contributed by atoms with Crippen molar-refractivity contribution in [1.82, 2.24) is 9.97 Å². The van der Waals surface area contributed by atoms with Gasteiger partial charge in [0.2, 0.25) is 0 Å². The Kier molecular flexibility index (Phi) is 2.44. The molecule has 1 aliphatic rings. The van der Waals surface area contributed by atoms with Crippen molar-refractivity contribution in [2.45, 2.75) is 12.8 Å². The smallest absolute Gasteiger partial charge is 0.174 e. The lowest BCUT2D eigenvalue weighted by Crippen LogP contribution is -2.10. The van der Waals surface area contributed by atoms with Crippen molar-refractivity contribution in [2.24, 2.45) is 4.99 Å². The van der Waals surface area contributed by atoms with Crippen LogP contribution in [0.3, 0.4) is 0 Å². The molecule has 1 N–H and O–H groups in total. The number of anilines is 1. The minimum Gasteiger partial charge on any atom is -0.342 e. The van der Waals surface area contributed by atoms with Crippen LogP contribution in [0.15, 0.2) is 29.5 Å². The van der Waals surface area contributed by atoms with E-state index in [4.69, 9.17) is 0 Å². The molecule has 0 saturated carbocycles. The summed E-state index contributed by atoms with van der Waals surface area (Å²) in [4.78, 5) is 12.3. The van der Waals surface area contributed by atoms with E-state index < -0.39 is 0 Å². The predicted octanol–water partition coefficient (Wildman–Crippen LogP) is 2.37. The van der Waals surface area contributed by atoms with Crippen LogP contribution in [-0.4, -0.2) is 22.3 Å². The number of hydrogen-bond acceptors (Lipinski definition) is 4.